The van der Waals surface area contributed by atoms with Gasteiger partial charge in [-0.3, -0.25) is 4.79 Å². The van der Waals surface area contributed by atoms with Crippen molar-refractivity contribution in [3.05, 3.63) is 35.6 Å². The fourth-order valence-electron chi connectivity index (χ4n) is 1.27. The molecule has 1 rings (SSSR count). The Balaban J connectivity index is 3.18. The molecule has 1 aromatic rings. The highest BCUT2D eigenvalue weighted by atomic mass is 79.9. The zero-order chi connectivity index (χ0) is 13.3. The minimum atomic E-state index is -3.58. The van der Waals surface area contributed by atoms with E-state index in [9.17, 15) is 17.6 Å². The van der Waals surface area contributed by atoms with E-state index in [0.717, 1.165) is 12.1 Å². The molecule has 0 amide bonds. The number of alkyl halides is 1. The van der Waals surface area contributed by atoms with Crippen LogP contribution in [-0.4, -0.2) is 23.6 Å². The maximum atomic E-state index is 12.7. The van der Waals surface area contributed by atoms with Crippen LogP contribution < -0.4 is 0 Å². The van der Waals surface area contributed by atoms with Gasteiger partial charge >= 0.3 is 0 Å². The number of ketones is 1. The molecule has 0 saturated heterocycles. The number of sulfone groups is 1. The molecule has 1 atom stereocenters. The second-order valence-corrected chi connectivity index (χ2v) is 8.39. The summed E-state index contributed by atoms with van der Waals surface area (Å²) in [6, 6.07) is 4.77. The quantitative estimate of drug-likeness (QED) is 0.632. The summed E-state index contributed by atoms with van der Waals surface area (Å²) in [5, 5.41) is 0. The summed E-state index contributed by atoms with van der Waals surface area (Å²) in [7, 11) is -3.58. The van der Waals surface area contributed by atoms with Crippen LogP contribution in [0.15, 0.2) is 24.3 Å². The van der Waals surface area contributed by atoms with Crippen LogP contribution in [0.25, 0.3) is 0 Å². The molecular formula is C11H12BrFO3S. The lowest BCUT2D eigenvalue weighted by molar-refractivity contribution is 0.0983. The van der Waals surface area contributed by atoms with E-state index in [-0.39, 0.29) is 11.3 Å². The van der Waals surface area contributed by atoms with Crippen molar-refractivity contribution >= 4 is 31.6 Å². The Bertz CT molecular complexity index is 520. The largest absolute Gasteiger partial charge is 0.291 e. The van der Waals surface area contributed by atoms with Crippen molar-refractivity contribution in [1.82, 2.24) is 0 Å². The van der Waals surface area contributed by atoms with E-state index < -0.39 is 25.1 Å². The van der Waals surface area contributed by atoms with Gasteiger partial charge in [-0.05, 0) is 31.2 Å². The first-order valence-corrected chi connectivity index (χ1v) is 7.38. The highest BCUT2D eigenvalue weighted by Gasteiger charge is 2.42. The number of carbonyl (C=O) groups excluding carboxylic acids is 1. The Labute approximate surface area is 108 Å². The molecule has 94 valence electrons. The van der Waals surface area contributed by atoms with Crippen molar-refractivity contribution in [2.75, 3.05) is 5.75 Å². The first-order chi connectivity index (χ1) is 7.72. The number of rotatable bonds is 4. The van der Waals surface area contributed by atoms with E-state index in [4.69, 9.17) is 0 Å². The lowest BCUT2D eigenvalue weighted by Crippen LogP contribution is -2.38. The minimum Gasteiger partial charge on any atom is -0.291 e. The van der Waals surface area contributed by atoms with Gasteiger partial charge in [0.1, 0.15) is 5.82 Å². The van der Waals surface area contributed by atoms with Gasteiger partial charge < -0.3 is 0 Å². The fraction of sp³-hybridized carbons (Fsp3) is 0.364. The van der Waals surface area contributed by atoms with Crippen molar-refractivity contribution in [2.45, 2.75) is 17.5 Å². The molecule has 0 bridgehead atoms. The average molecular weight is 323 g/mol. The topological polar surface area (TPSA) is 51.2 Å². The van der Waals surface area contributed by atoms with Crippen molar-refractivity contribution < 1.29 is 17.6 Å². The monoisotopic (exact) mass is 322 g/mol. The van der Waals surface area contributed by atoms with Gasteiger partial charge in [0, 0.05) is 11.3 Å². The molecule has 3 nitrogen and oxygen atoms in total. The van der Waals surface area contributed by atoms with Gasteiger partial charge in [0.05, 0.1) is 0 Å². The minimum absolute atomic E-state index is 0.151. The van der Waals surface area contributed by atoms with E-state index in [2.05, 4.69) is 15.9 Å². The molecule has 0 heterocycles. The Kier molecular flexibility index (Phi) is 4.09. The molecule has 1 aromatic carbocycles. The molecule has 0 spiro atoms. The summed E-state index contributed by atoms with van der Waals surface area (Å²) in [5.74, 6) is -1.22. The van der Waals surface area contributed by atoms with E-state index in [0.29, 0.717) is 0 Å². The normalized spacial score (nSPS) is 15.3. The van der Waals surface area contributed by atoms with Crippen LogP contribution in [0.5, 0.6) is 0 Å². The molecule has 6 heteroatoms. The second-order valence-electron chi connectivity index (χ2n) is 3.66. The van der Waals surface area contributed by atoms with Gasteiger partial charge in [-0.1, -0.05) is 22.9 Å². The maximum Gasteiger partial charge on any atom is 0.194 e. The third-order valence-electron chi connectivity index (χ3n) is 2.48. The number of benzene rings is 1. The van der Waals surface area contributed by atoms with Gasteiger partial charge in [0.25, 0.3) is 0 Å². The van der Waals surface area contributed by atoms with Gasteiger partial charge in [0.2, 0.25) is 0 Å². The molecule has 0 fully saturated rings. The van der Waals surface area contributed by atoms with E-state index >= 15 is 0 Å². The van der Waals surface area contributed by atoms with Crippen LogP contribution in [0.2, 0.25) is 0 Å². The summed E-state index contributed by atoms with van der Waals surface area (Å²) in [5.41, 5.74) is 0.155. The predicted molar refractivity (Wildman–Crippen MR) is 67.5 cm³/mol. The summed E-state index contributed by atoms with van der Waals surface area (Å²) < 4.78 is 34.6. The molecule has 0 unspecified atom stereocenters. The molecule has 0 aromatic heterocycles. The Morgan fingerprint density at radius 1 is 1.35 bits per heavy atom. The van der Waals surface area contributed by atoms with Gasteiger partial charge in [-0.25, -0.2) is 12.8 Å². The van der Waals surface area contributed by atoms with Crippen LogP contribution in [0.3, 0.4) is 0 Å². The zero-order valence-corrected chi connectivity index (χ0v) is 11.8. The summed E-state index contributed by atoms with van der Waals surface area (Å²) in [6.45, 7) is 2.75. The van der Waals surface area contributed by atoms with E-state index in [1.165, 1.54) is 26.0 Å². The van der Waals surface area contributed by atoms with Gasteiger partial charge in [-0.2, -0.15) is 0 Å². The molecule has 0 N–H and O–H groups in total. The maximum absolute atomic E-state index is 12.7. The summed E-state index contributed by atoms with van der Waals surface area (Å²) >= 11 is 2.95. The van der Waals surface area contributed by atoms with Crippen molar-refractivity contribution in [3.63, 3.8) is 0 Å². The van der Waals surface area contributed by atoms with Gasteiger partial charge in [0.15, 0.2) is 19.3 Å². The van der Waals surface area contributed by atoms with Crippen LogP contribution in [0.1, 0.15) is 24.2 Å². The Morgan fingerprint density at radius 3 is 2.24 bits per heavy atom. The smallest absolute Gasteiger partial charge is 0.194 e. The second kappa shape index (κ2) is 4.86. The van der Waals surface area contributed by atoms with Crippen LogP contribution in [0.4, 0.5) is 4.39 Å². The lowest BCUT2D eigenvalue weighted by atomic mass is 10.1. The number of hydrogen-bond acceptors (Lipinski definition) is 3. The molecule has 0 aliphatic carbocycles. The van der Waals surface area contributed by atoms with Crippen LogP contribution >= 0.6 is 15.9 Å². The number of carbonyl (C=O) groups is 1. The molecular weight excluding hydrogens is 311 g/mol. The summed E-state index contributed by atoms with van der Waals surface area (Å²) in [6.07, 6.45) is 0. The highest BCUT2D eigenvalue weighted by Crippen LogP contribution is 2.30. The molecule has 0 aliphatic rings. The first-order valence-electron chi connectivity index (χ1n) is 4.94. The number of Topliss-reactive ketones (excluding diaryl/α,β-unsaturated/α-hetero) is 1. The number of hydrogen-bond donors (Lipinski definition) is 0. The molecule has 0 saturated carbocycles. The van der Waals surface area contributed by atoms with Crippen molar-refractivity contribution in [2.24, 2.45) is 0 Å². The molecule has 17 heavy (non-hydrogen) atoms. The third-order valence-corrected chi connectivity index (χ3v) is 6.43. The van der Waals surface area contributed by atoms with Gasteiger partial charge in [-0.15, -0.1) is 0 Å². The number of halogens is 2. The van der Waals surface area contributed by atoms with Crippen LogP contribution in [-0.2, 0) is 9.84 Å². The highest BCUT2D eigenvalue weighted by molar-refractivity contribution is 9.12. The summed E-state index contributed by atoms with van der Waals surface area (Å²) in [4.78, 5) is 12.0. The molecule has 0 radical (unpaired) electrons. The Hall–Kier alpha value is -0.750. The van der Waals surface area contributed by atoms with Crippen molar-refractivity contribution in [3.8, 4) is 0 Å². The van der Waals surface area contributed by atoms with E-state index in [1.807, 2.05) is 0 Å². The predicted octanol–water partition coefficient (Wildman–Crippen LogP) is 2.55. The fourth-order valence-corrected chi connectivity index (χ4v) is 3.13. The first kappa shape index (κ1) is 14.3. The molecule has 0 aliphatic heterocycles. The SMILES string of the molecule is CCS(=O)(=O)[C@](C)(Br)C(=O)c1ccc(F)cc1. The average Bonchev–Trinajstić information content (AvgIpc) is 2.28. The van der Waals surface area contributed by atoms with Crippen molar-refractivity contribution in [1.29, 1.82) is 0 Å². The standard InChI is InChI=1S/C11H12BrFO3S/c1-3-17(15,16)11(2,12)10(14)8-4-6-9(13)7-5-8/h4-7H,3H2,1-2H3/t11-/m0/s1. The third kappa shape index (κ3) is 2.74. The zero-order valence-electron chi connectivity index (χ0n) is 9.41. The van der Waals surface area contributed by atoms with Crippen LogP contribution in [0, 0.1) is 5.82 Å². The Morgan fingerprint density at radius 2 is 1.82 bits per heavy atom. The van der Waals surface area contributed by atoms with E-state index in [1.54, 1.807) is 0 Å². The lowest BCUT2D eigenvalue weighted by Gasteiger charge is -2.20.